The molecule has 0 spiro atoms. The number of ether oxygens (including phenoxy) is 1. The number of amides is 2. The highest BCUT2D eigenvalue weighted by Crippen LogP contribution is 2.22. The van der Waals surface area contributed by atoms with Gasteiger partial charge in [0.15, 0.2) is 0 Å². The highest BCUT2D eigenvalue weighted by atomic mass is 16.5. The number of aromatic nitrogens is 2. The molecule has 1 aromatic rings. The largest absolute Gasteiger partial charge is 0.453 e. The number of rotatable bonds is 9. The molecule has 2 rings (SSSR count). The molecule has 184 valence electrons. The van der Waals surface area contributed by atoms with Crippen LogP contribution in [0.15, 0.2) is 36.1 Å². The number of nitrogens with one attached hydrogen (secondary N) is 4. The van der Waals surface area contributed by atoms with Gasteiger partial charge in [0.1, 0.15) is 5.82 Å². The minimum absolute atomic E-state index is 0.0945. The summed E-state index contributed by atoms with van der Waals surface area (Å²) in [7, 11) is 1.25. The van der Waals surface area contributed by atoms with Crippen LogP contribution in [0.3, 0.4) is 0 Å². The predicted octanol–water partition coefficient (Wildman–Crippen LogP) is 4.96. The molecule has 33 heavy (non-hydrogen) atoms. The molecule has 8 nitrogen and oxygen atoms in total. The monoisotopic (exact) mass is 459 g/mol. The second-order valence-electron chi connectivity index (χ2n) is 7.02. The fourth-order valence-electron chi connectivity index (χ4n) is 2.69. The summed E-state index contributed by atoms with van der Waals surface area (Å²) < 4.78 is 4.40. The Morgan fingerprint density at radius 3 is 2.48 bits per heavy atom. The van der Waals surface area contributed by atoms with Crippen molar-refractivity contribution in [2.24, 2.45) is 0 Å². The highest BCUT2D eigenvalue weighted by molar-refractivity contribution is 6.12. The van der Waals surface area contributed by atoms with Crippen LogP contribution in [-0.2, 0) is 16.0 Å². The summed E-state index contributed by atoms with van der Waals surface area (Å²) in [5.41, 5.74) is 3.39. The van der Waals surface area contributed by atoms with Gasteiger partial charge in [-0.2, -0.15) is 0 Å². The van der Waals surface area contributed by atoms with Gasteiger partial charge in [-0.3, -0.25) is 4.79 Å². The molecule has 2 amide bonds. The van der Waals surface area contributed by atoms with Crippen molar-refractivity contribution in [3.8, 4) is 0 Å². The third kappa shape index (κ3) is 12.5. The smallest absolute Gasteiger partial charge is 0.407 e. The Balaban J connectivity index is 0.00000189. The van der Waals surface area contributed by atoms with Gasteiger partial charge in [0.25, 0.3) is 0 Å². The molecule has 0 aliphatic heterocycles. The Kier molecular flexibility index (Phi) is 16.7. The van der Waals surface area contributed by atoms with Crippen LogP contribution >= 0.6 is 0 Å². The Hall–Kier alpha value is -3.16. The Morgan fingerprint density at radius 1 is 1.15 bits per heavy atom. The summed E-state index contributed by atoms with van der Waals surface area (Å²) in [4.78, 5) is 30.2. The average Bonchev–Trinajstić information content (AvgIpc) is 3.29. The van der Waals surface area contributed by atoms with Crippen LogP contribution in [0.4, 0.5) is 4.79 Å². The van der Waals surface area contributed by atoms with E-state index in [4.69, 9.17) is 5.41 Å². The third-order valence-electron chi connectivity index (χ3n) is 4.16. The number of H-pyrrole nitrogens is 1. The Morgan fingerprint density at radius 2 is 1.85 bits per heavy atom. The molecular weight excluding hydrogens is 418 g/mol. The topological polar surface area (TPSA) is 120 Å². The van der Waals surface area contributed by atoms with Crippen LogP contribution in [0, 0.1) is 5.41 Å². The number of methoxy groups -OCH3 is 1. The Bertz CT molecular complexity index is 822. The number of aromatic amines is 1. The molecule has 0 fully saturated rings. The van der Waals surface area contributed by atoms with Gasteiger partial charge in [0.05, 0.1) is 31.3 Å². The van der Waals surface area contributed by atoms with Crippen molar-refractivity contribution in [1.82, 2.24) is 20.6 Å². The summed E-state index contributed by atoms with van der Waals surface area (Å²) >= 11 is 0. The molecule has 0 radical (unpaired) electrons. The standard InChI is InChI=1S/C20H27N5O3.C3H8.C2H6/c1-3-6-14-11-15(8-9-16(14)21)17-12-23-18(25-17)7-4-5-10-22-19(26)13-24-20(27)28-2;1-3-2;1-2/h6,8-9,11-12,21H,3-5,7,10,13H2,1-2H3,(H,22,26)(H,23,25)(H,24,27);3H2,1-2H3;1-2H3/b14-6-,21-16?;;. The van der Waals surface area contributed by atoms with Crippen LogP contribution in [0.25, 0.3) is 5.57 Å². The number of nitrogens with zero attached hydrogens (tertiary/aromatic N) is 1. The first-order valence-electron chi connectivity index (χ1n) is 11.8. The van der Waals surface area contributed by atoms with E-state index in [1.165, 1.54) is 13.5 Å². The molecule has 1 aromatic heterocycles. The zero-order chi connectivity index (χ0) is 25.1. The number of aryl methyl sites for hydroxylation is 1. The van der Waals surface area contributed by atoms with E-state index in [1.807, 2.05) is 38.3 Å². The minimum Gasteiger partial charge on any atom is -0.453 e. The molecular formula is C25H41N5O3. The molecule has 1 aliphatic rings. The molecule has 0 saturated heterocycles. The predicted molar refractivity (Wildman–Crippen MR) is 135 cm³/mol. The van der Waals surface area contributed by atoms with Gasteiger partial charge in [-0.25, -0.2) is 9.78 Å². The van der Waals surface area contributed by atoms with Gasteiger partial charge < -0.3 is 25.8 Å². The lowest BCUT2D eigenvalue weighted by Gasteiger charge is -2.09. The van der Waals surface area contributed by atoms with Crippen LogP contribution in [0.5, 0.6) is 0 Å². The quantitative estimate of drug-likeness (QED) is 0.390. The van der Waals surface area contributed by atoms with E-state index >= 15 is 0 Å². The van der Waals surface area contributed by atoms with E-state index in [0.29, 0.717) is 12.3 Å². The van der Waals surface area contributed by atoms with E-state index in [2.05, 4.69) is 46.1 Å². The van der Waals surface area contributed by atoms with Crippen molar-refractivity contribution in [3.63, 3.8) is 0 Å². The SMILES string of the molecule is CC.CC/C=C1/C=C(c2cnc(CCCCNC(=O)CNC(=O)OC)[nH]2)C=CC1=N.CCC. The zero-order valence-corrected chi connectivity index (χ0v) is 21.0. The molecule has 1 heterocycles. The van der Waals surface area contributed by atoms with Gasteiger partial charge in [-0.05, 0) is 37.0 Å². The van der Waals surface area contributed by atoms with Crippen molar-refractivity contribution < 1.29 is 14.3 Å². The van der Waals surface area contributed by atoms with Crippen LogP contribution in [0.1, 0.15) is 71.8 Å². The summed E-state index contributed by atoms with van der Waals surface area (Å²) in [6.45, 7) is 10.7. The van der Waals surface area contributed by atoms with Crippen molar-refractivity contribution in [1.29, 1.82) is 5.41 Å². The molecule has 0 unspecified atom stereocenters. The summed E-state index contributed by atoms with van der Waals surface area (Å²) in [6, 6.07) is 0. The molecule has 8 heteroatoms. The second kappa shape index (κ2) is 18.4. The van der Waals surface area contributed by atoms with Crippen molar-refractivity contribution in [2.75, 3.05) is 20.2 Å². The number of unbranched alkanes of at least 4 members (excludes halogenated alkanes) is 1. The van der Waals surface area contributed by atoms with Crippen LogP contribution in [-0.4, -0.2) is 47.9 Å². The first-order chi connectivity index (χ1) is 15.9. The normalized spacial score (nSPS) is 13.2. The fourth-order valence-corrected chi connectivity index (χ4v) is 2.69. The van der Waals surface area contributed by atoms with Crippen molar-refractivity contribution >= 4 is 23.3 Å². The lowest BCUT2D eigenvalue weighted by Crippen LogP contribution is -2.37. The average molecular weight is 460 g/mol. The van der Waals surface area contributed by atoms with Gasteiger partial charge in [-0.15, -0.1) is 0 Å². The van der Waals surface area contributed by atoms with E-state index in [1.54, 1.807) is 6.08 Å². The molecule has 4 N–H and O–H groups in total. The van der Waals surface area contributed by atoms with E-state index < -0.39 is 6.09 Å². The molecule has 0 saturated carbocycles. The highest BCUT2D eigenvalue weighted by Gasteiger charge is 2.11. The Labute approximate surface area is 198 Å². The molecule has 0 aromatic carbocycles. The maximum absolute atomic E-state index is 11.5. The van der Waals surface area contributed by atoms with Gasteiger partial charge >= 0.3 is 6.09 Å². The number of carbonyl (C=O) groups is 2. The van der Waals surface area contributed by atoms with Crippen molar-refractivity contribution in [3.05, 3.63) is 47.6 Å². The summed E-state index contributed by atoms with van der Waals surface area (Å²) in [5, 5.41) is 13.0. The van der Waals surface area contributed by atoms with Gasteiger partial charge in [-0.1, -0.05) is 53.2 Å². The first kappa shape index (κ1) is 29.8. The van der Waals surface area contributed by atoms with Gasteiger partial charge in [0, 0.05) is 18.5 Å². The fraction of sp³-hybridized carbons (Fsp3) is 0.520. The maximum atomic E-state index is 11.5. The molecule has 1 aliphatic carbocycles. The third-order valence-corrected chi connectivity index (χ3v) is 4.16. The number of alkyl carbamates (subject to hydrolysis) is 1. The van der Waals surface area contributed by atoms with Crippen molar-refractivity contribution in [2.45, 2.75) is 66.7 Å². The summed E-state index contributed by atoms with van der Waals surface area (Å²) in [5.74, 6) is 0.646. The van der Waals surface area contributed by atoms with Crippen LogP contribution in [0.2, 0.25) is 0 Å². The first-order valence-corrected chi connectivity index (χ1v) is 11.8. The van der Waals surface area contributed by atoms with E-state index in [-0.39, 0.29) is 12.5 Å². The van der Waals surface area contributed by atoms with E-state index in [9.17, 15) is 9.59 Å². The van der Waals surface area contributed by atoms with E-state index in [0.717, 1.165) is 48.3 Å². The lowest BCUT2D eigenvalue weighted by atomic mass is 9.98. The number of hydrogen-bond donors (Lipinski definition) is 4. The number of imidazole rings is 1. The minimum atomic E-state index is -0.624. The molecule has 0 atom stereocenters. The summed E-state index contributed by atoms with van der Waals surface area (Å²) in [6.07, 6.45) is 13.5. The number of carbonyl (C=O) groups excluding carboxylic acids is 2. The number of allylic oxidation sites excluding steroid dienone is 6. The second-order valence-corrected chi connectivity index (χ2v) is 7.02. The maximum Gasteiger partial charge on any atom is 0.407 e. The van der Waals surface area contributed by atoms with Crippen LogP contribution < -0.4 is 10.6 Å². The van der Waals surface area contributed by atoms with Gasteiger partial charge in [0.2, 0.25) is 5.91 Å². The lowest BCUT2D eigenvalue weighted by molar-refractivity contribution is -0.120. The zero-order valence-electron chi connectivity index (χ0n) is 21.0. The molecule has 0 bridgehead atoms. The number of hydrogen-bond acceptors (Lipinski definition) is 5.